The highest BCUT2D eigenvalue weighted by atomic mass is 32.2. The van der Waals surface area contributed by atoms with E-state index >= 15 is 0 Å². The number of nitrogens with zero attached hydrogens (tertiary/aromatic N) is 3. The van der Waals surface area contributed by atoms with Crippen molar-refractivity contribution in [2.24, 2.45) is 0 Å². The summed E-state index contributed by atoms with van der Waals surface area (Å²) in [6.45, 7) is 8.79. The van der Waals surface area contributed by atoms with Crippen molar-refractivity contribution in [3.05, 3.63) is 53.3 Å². The highest BCUT2D eigenvalue weighted by Crippen LogP contribution is 2.35. The zero-order valence-electron chi connectivity index (χ0n) is 16.5. The average Bonchev–Trinajstić information content (AvgIpc) is 3.00. The molecule has 148 valence electrons. The summed E-state index contributed by atoms with van der Waals surface area (Å²) in [4.78, 5) is 7.04. The zero-order chi connectivity index (χ0) is 19.9. The van der Waals surface area contributed by atoms with E-state index in [-0.39, 0.29) is 4.90 Å². The van der Waals surface area contributed by atoms with Gasteiger partial charge in [0.2, 0.25) is 0 Å². The standard InChI is InChI=1S/C21H25N3O3S/c1-4-18-16(3)24(28(25,26)17-7-5-15(2)6-8-17)21-20(18)19(9-10-22-21)23-11-13-27-14-12-23/h5-10H,4,11-14H2,1-3H3. The van der Waals surface area contributed by atoms with Crippen LogP contribution in [0.25, 0.3) is 11.0 Å². The number of anilines is 1. The Hall–Kier alpha value is -2.38. The molecule has 0 radical (unpaired) electrons. The van der Waals surface area contributed by atoms with Crippen LogP contribution >= 0.6 is 0 Å². The minimum absolute atomic E-state index is 0.277. The van der Waals surface area contributed by atoms with Crippen LogP contribution in [0.5, 0.6) is 0 Å². The minimum atomic E-state index is -3.74. The van der Waals surface area contributed by atoms with Gasteiger partial charge in [0.05, 0.1) is 18.1 Å². The van der Waals surface area contributed by atoms with Gasteiger partial charge < -0.3 is 9.64 Å². The van der Waals surface area contributed by atoms with E-state index in [1.807, 2.05) is 32.0 Å². The molecule has 0 bridgehead atoms. The Kier molecular flexibility index (Phi) is 4.89. The molecule has 3 aromatic rings. The fourth-order valence-corrected chi connectivity index (χ4v) is 5.48. The molecule has 1 saturated heterocycles. The highest BCUT2D eigenvalue weighted by molar-refractivity contribution is 7.90. The van der Waals surface area contributed by atoms with Crippen molar-refractivity contribution in [3.63, 3.8) is 0 Å². The lowest BCUT2D eigenvalue weighted by Gasteiger charge is -2.29. The van der Waals surface area contributed by atoms with Crippen molar-refractivity contribution in [1.29, 1.82) is 0 Å². The Labute approximate surface area is 165 Å². The second-order valence-electron chi connectivity index (χ2n) is 7.13. The van der Waals surface area contributed by atoms with Crippen LogP contribution in [0.15, 0.2) is 41.4 Å². The summed E-state index contributed by atoms with van der Waals surface area (Å²) >= 11 is 0. The molecule has 6 nitrogen and oxygen atoms in total. The monoisotopic (exact) mass is 399 g/mol. The number of ether oxygens (including phenoxy) is 1. The van der Waals surface area contributed by atoms with E-state index < -0.39 is 10.0 Å². The van der Waals surface area contributed by atoms with Crippen molar-refractivity contribution in [3.8, 4) is 0 Å². The number of pyridine rings is 1. The predicted octanol–water partition coefficient (Wildman–Crippen LogP) is 3.29. The van der Waals surface area contributed by atoms with Gasteiger partial charge in [-0.2, -0.15) is 0 Å². The third kappa shape index (κ3) is 2.99. The van der Waals surface area contributed by atoms with E-state index in [0.29, 0.717) is 18.9 Å². The lowest BCUT2D eigenvalue weighted by atomic mass is 10.1. The Bertz CT molecular complexity index is 1110. The minimum Gasteiger partial charge on any atom is -0.378 e. The van der Waals surface area contributed by atoms with Crippen LogP contribution in [0.4, 0.5) is 5.69 Å². The molecule has 0 atom stereocenters. The normalized spacial score (nSPS) is 15.3. The predicted molar refractivity (Wildman–Crippen MR) is 111 cm³/mol. The number of morpholine rings is 1. The van der Waals surface area contributed by atoms with Gasteiger partial charge in [0.15, 0.2) is 5.65 Å². The first kappa shape index (κ1) is 19.0. The number of benzene rings is 1. The molecule has 0 saturated carbocycles. The van der Waals surface area contributed by atoms with Crippen LogP contribution in [-0.2, 0) is 21.2 Å². The third-order valence-electron chi connectivity index (χ3n) is 5.41. The molecule has 4 rings (SSSR count). The average molecular weight is 400 g/mol. The van der Waals surface area contributed by atoms with Gasteiger partial charge in [0, 0.05) is 36.1 Å². The summed E-state index contributed by atoms with van der Waals surface area (Å²) in [6.07, 6.45) is 2.44. The molecular formula is C21H25N3O3S. The Balaban J connectivity index is 1.97. The van der Waals surface area contributed by atoms with Crippen LogP contribution < -0.4 is 4.90 Å². The van der Waals surface area contributed by atoms with Gasteiger partial charge in [-0.15, -0.1) is 0 Å². The van der Waals surface area contributed by atoms with Crippen LogP contribution in [0, 0.1) is 13.8 Å². The Morgan fingerprint density at radius 1 is 1.07 bits per heavy atom. The van der Waals surface area contributed by atoms with E-state index in [1.54, 1.807) is 18.3 Å². The molecule has 0 aliphatic carbocycles. The Morgan fingerprint density at radius 2 is 1.75 bits per heavy atom. The third-order valence-corrected chi connectivity index (χ3v) is 7.20. The number of aryl methyl sites for hydroxylation is 2. The molecule has 3 heterocycles. The van der Waals surface area contributed by atoms with E-state index in [2.05, 4.69) is 16.8 Å². The van der Waals surface area contributed by atoms with Crippen LogP contribution in [0.1, 0.15) is 23.7 Å². The lowest BCUT2D eigenvalue weighted by molar-refractivity contribution is 0.123. The van der Waals surface area contributed by atoms with Gasteiger partial charge in [-0.25, -0.2) is 17.4 Å². The molecule has 0 spiro atoms. The van der Waals surface area contributed by atoms with Gasteiger partial charge in [0.1, 0.15) is 0 Å². The van der Waals surface area contributed by atoms with Crippen LogP contribution in [0.2, 0.25) is 0 Å². The fraction of sp³-hybridized carbons (Fsp3) is 0.381. The summed E-state index contributed by atoms with van der Waals surface area (Å²) in [5.74, 6) is 0. The number of aromatic nitrogens is 2. The topological polar surface area (TPSA) is 64.4 Å². The molecule has 1 fully saturated rings. The molecule has 7 heteroatoms. The molecular weight excluding hydrogens is 374 g/mol. The SMILES string of the molecule is CCc1c(C)n(S(=O)(=O)c2ccc(C)cc2)c2nccc(N3CCOCC3)c12. The summed E-state index contributed by atoms with van der Waals surface area (Å²) < 4.78 is 33.9. The van der Waals surface area contributed by atoms with E-state index in [1.165, 1.54) is 3.97 Å². The second kappa shape index (κ2) is 7.22. The second-order valence-corrected chi connectivity index (χ2v) is 8.91. The van der Waals surface area contributed by atoms with Crippen molar-refractivity contribution < 1.29 is 13.2 Å². The fourth-order valence-electron chi connectivity index (χ4n) is 3.96. The quantitative estimate of drug-likeness (QED) is 0.674. The first-order chi connectivity index (χ1) is 13.4. The van der Waals surface area contributed by atoms with Crippen molar-refractivity contribution in [2.45, 2.75) is 32.1 Å². The first-order valence-corrected chi connectivity index (χ1v) is 11.0. The molecule has 1 aromatic carbocycles. The first-order valence-electron chi connectivity index (χ1n) is 9.59. The molecule has 28 heavy (non-hydrogen) atoms. The van der Waals surface area contributed by atoms with Gasteiger partial charge in [-0.3, -0.25) is 0 Å². The molecule has 1 aliphatic heterocycles. The smallest absolute Gasteiger partial charge is 0.269 e. The van der Waals surface area contributed by atoms with Crippen molar-refractivity contribution in [2.75, 3.05) is 31.2 Å². The molecule has 0 unspecified atom stereocenters. The zero-order valence-corrected chi connectivity index (χ0v) is 17.3. The van der Waals surface area contributed by atoms with E-state index in [4.69, 9.17) is 4.74 Å². The molecule has 1 aliphatic rings. The lowest BCUT2D eigenvalue weighted by Crippen LogP contribution is -2.36. The van der Waals surface area contributed by atoms with Gasteiger partial charge >= 0.3 is 0 Å². The largest absolute Gasteiger partial charge is 0.378 e. The maximum Gasteiger partial charge on any atom is 0.269 e. The van der Waals surface area contributed by atoms with Gasteiger partial charge in [-0.05, 0) is 44.0 Å². The number of fused-ring (bicyclic) bond motifs is 1. The van der Waals surface area contributed by atoms with Crippen molar-refractivity contribution in [1.82, 2.24) is 8.96 Å². The highest BCUT2D eigenvalue weighted by Gasteiger charge is 2.28. The summed E-state index contributed by atoms with van der Waals surface area (Å²) in [6, 6.07) is 8.94. The van der Waals surface area contributed by atoms with Gasteiger partial charge in [-0.1, -0.05) is 24.6 Å². The maximum atomic E-state index is 13.5. The van der Waals surface area contributed by atoms with Crippen molar-refractivity contribution >= 4 is 26.7 Å². The van der Waals surface area contributed by atoms with Gasteiger partial charge in [0.25, 0.3) is 10.0 Å². The van der Waals surface area contributed by atoms with Crippen LogP contribution in [-0.4, -0.2) is 43.7 Å². The van der Waals surface area contributed by atoms with Crippen LogP contribution in [0.3, 0.4) is 0 Å². The summed E-state index contributed by atoms with van der Waals surface area (Å²) in [7, 11) is -3.74. The maximum absolute atomic E-state index is 13.5. The summed E-state index contributed by atoms with van der Waals surface area (Å²) in [5, 5.41) is 0.931. The van der Waals surface area contributed by atoms with E-state index in [9.17, 15) is 8.42 Å². The number of hydrogen-bond acceptors (Lipinski definition) is 5. The molecule has 2 aromatic heterocycles. The number of rotatable bonds is 4. The molecule has 0 N–H and O–H groups in total. The van der Waals surface area contributed by atoms with E-state index in [0.717, 1.165) is 47.4 Å². The molecule has 0 amide bonds. The number of hydrogen-bond donors (Lipinski definition) is 0. The Morgan fingerprint density at radius 3 is 2.39 bits per heavy atom. The summed E-state index contributed by atoms with van der Waals surface area (Å²) in [5.41, 5.74) is 4.31.